The predicted octanol–water partition coefficient (Wildman–Crippen LogP) is 2.30. The average molecular weight is 277 g/mol. The van der Waals surface area contributed by atoms with E-state index in [-0.39, 0.29) is 12.4 Å². The van der Waals surface area contributed by atoms with Gasteiger partial charge in [0.15, 0.2) is 0 Å². The van der Waals surface area contributed by atoms with Crippen molar-refractivity contribution >= 4 is 12.4 Å². The Bertz CT molecular complexity index is 236. The number of halogens is 1. The lowest BCUT2D eigenvalue weighted by Gasteiger charge is -2.38. The molecule has 1 heterocycles. The van der Waals surface area contributed by atoms with Crippen LogP contribution in [0.4, 0.5) is 0 Å². The minimum Gasteiger partial charge on any atom is -0.381 e. The van der Waals surface area contributed by atoms with Crippen LogP contribution in [0.2, 0.25) is 0 Å². The van der Waals surface area contributed by atoms with Gasteiger partial charge in [0.1, 0.15) is 0 Å². The zero-order valence-electron chi connectivity index (χ0n) is 12.1. The highest BCUT2D eigenvalue weighted by molar-refractivity contribution is 5.85. The lowest BCUT2D eigenvalue weighted by molar-refractivity contribution is 0.0366. The Balaban J connectivity index is 0.00000162. The van der Waals surface area contributed by atoms with Crippen LogP contribution in [-0.4, -0.2) is 50.8 Å². The third kappa shape index (κ3) is 4.09. The molecule has 108 valence electrons. The SMILES string of the molecule is COC1CCC(N(C)CC2(C)CCNC2)CC1.Cl. The van der Waals surface area contributed by atoms with Crippen molar-refractivity contribution in [3.8, 4) is 0 Å². The minimum absolute atomic E-state index is 0. The van der Waals surface area contributed by atoms with Crippen molar-refractivity contribution < 1.29 is 4.74 Å². The van der Waals surface area contributed by atoms with Crippen molar-refractivity contribution in [2.24, 2.45) is 5.41 Å². The molecule has 0 aromatic heterocycles. The number of hydrogen-bond acceptors (Lipinski definition) is 3. The smallest absolute Gasteiger partial charge is 0.0572 e. The van der Waals surface area contributed by atoms with Crippen LogP contribution >= 0.6 is 12.4 Å². The molecule has 0 bridgehead atoms. The van der Waals surface area contributed by atoms with E-state index in [1.807, 2.05) is 7.11 Å². The van der Waals surface area contributed by atoms with E-state index < -0.39 is 0 Å². The monoisotopic (exact) mass is 276 g/mol. The van der Waals surface area contributed by atoms with Gasteiger partial charge in [-0.3, -0.25) is 0 Å². The first-order valence-corrected chi connectivity index (χ1v) is 7.07. The molecule has 2 fully saturated rings. The zero-order chi connectivity index (χ0) is 12.3. The maximum Gasteiger partial charge on any atom is 0.0572 e. The molecule has 0 aromatic rings. The molecular formula is C14H29ClN2O. The highest BCUT2D eigenvalue weighted by atomic mass is 35.5. The van der Waals surface area contributed by atoms with Crippen LogP contribution in [-0.2, 0) is 4.74 Å². The van der Waals surface area contributed by atoms with E-state index in [0.29, 0.717) is 11.5 Å². The number of ether oxygens (including phenoxy) is 1. The van der Waals surface area contributed by atoms with Gasteiger partial charge in [-0.1, -0.05) is 6.92 Å². The molecule has 0 amide bonds. The third-order valence-electron chi connectivity index (χ3n) is 4.69. The number of hydrogen-bond donors (Lipinski definition) is 1. The van der Waals surface area contributed by atoms with Gasteiger partial charge < -0.3 is 15.0 Å². The quantitative estimate of drug-likeness (QED) is 0.853. The van der Waals surface area contributed by atoms with Crippen molar-refractivity contribution in [3.05, 3.63) is 0 Å². The standard InChI is InChI=1S/C14H28N2O.ClH/c1-14(8-9-15-10-14)11-16(2)12-4-6-13(17-3)7-5-12;/h12-13,15H,4-11H2,1-3H3;1H. The fraction of sp³-hybridized carbons (Fsp3) is 1.00. The van der Waals surface area contributed by atoms with Gasteiger partial charge >= 0.3 is 0 Å². The van der Waals surface area contributed by atoms with Crippen LogP contribution in [0.25, 0.3) is 0 Å². The Morgan fingerprint density at radius 1 is 1.28 bits per heavy atom. The fourth-order valence-corrected chi connectivity index (χ4v) is 3.46. The summed E-state index contributed by atoms with van der Waals surface area (Å²) < 4.78 is 5.44. The summed E-state index contributed by atoms with van der Waals surface area (Å²) in [7, 11) is 4.15. The highest BCUT2D eigenvalue weighted by Gasteiger charge is 2.32. The van der Waals surface area contributed by atoms with Crippen LogP contribution in [0.5, 0.6) is 0 Å². The lowest BCUT2D eigenvalue weighted by Crippen LogP contribution is -2.43. The number of nitrogens with one attached hydrogen (secondary N) is 1. The van der Waals surface area contributed by atoms with Gasteiger partial charge in [-0.05, 0) is 51.1 Å². The first kappa shape index (κ1) is 16.2. The average Bonchev–Trinajstić information content (AvgIpc) is 2.76. The van der Waals surface area contributed by atoms with Crippen LogP contribution < -0.4 is 5.32 Å². The van der Waals surface area contributed by atoms with Crippen molar-refractivity contribution in [1.82, 2.24) is 10.2 Å². The molecule has 0 radical (unpaired) electrons. The second kappa shape index (κ2) is 7.09. The van der Waals surface area contributed by atoms with Crippen molar-refractivity contribution in [2.75, 3.05) is 33.8 Å². The molecular weight excluding hydrogens is 248 g/mol. The molecule has 1 atom stereocenters. The lowest BCUT2D eigenvalue weighted by atomic mass is 9.86. The summed E-state index contributed by atoms with van der Waals surface area (Å²) in [5, 5.41) is 3.49. The first-order valence-electron chi connectivity index (χ1n) is 7.07. The van der Waals surface area contributed by atoms with Crippen LogP contribution in [0.1, 0.15) is 39.0 Å². The molecule has 1 aliphatic heterocycles. The second-order valence-corrected chi connectivity index (χ2v) is 6.32. The molecule has 2 aliphatic rings. The third-order valence-corrected chi connectivity index (χ3v) is 4.69. The minimum atomic E-state index is 0. The summed E-state index contributed by atoms with van der Waals surface area (Å²) in [5.41, 5.74) is 0.493. The van der Waals surface area contributed by atoms with Crippen molar-refractivity contribution in [2.45, 2.75) is 51.2 Å². The Labute approximate surface area is 118 Å². The zero-order valence-corrected chi connectivity index (χ0v) is 12.9. The Kier molecular flexibility index (Phi) is 6.39. The Morgan fingerprint density at radius 3 is 2.44 bits per heavy atom. The van der Waals surface area contributed by atoms with Gasteiger partial charge in [0.05, 0.1) is 6.10 Å². The fourth-order valence-electron chi connectivity index (χ4n) is 3.46. The molecule has 1 N–H and O–H groups in total. The van der Waals surface area contributed by atoms with E-state index in [1.54, 1.807) is 0 Å². The summed E-state index contributed by atoms with van der Waals surface area (Å²) >= 11 is 0. The molecule has 18 heavy (non-hydrogen) atoms. The van der Waals surface area contributed by atoms with Gasteiger partial charge in [0.25, 0.3) is 0 Å². The number of rotatable bonds is 4. The summed E-state index contributed by atoms with van der Waals surface area (Å²) in [4.78, 5) is 2.60. The molecule has 1 saturated carbocycles. The topological polar surface area (TPSA) is 24.5 Å². The van der Waals surface area contributed by atoms with Gasteiger partial charge in [0, 0.05) is 26.2 Å². The first-order chi connectivity index (χ1) is 8.13. The van der Waals surface area contributed by atoms with Gasteiger partial charge in [0.2, 0.25) is 0 Å². The second-order valence-electron chi connectivity index (χ2n) is 6.32. The van der Waals surface area contributed by atoms with Crippen LogP contribution in [0, 0.1) is 5.41 Å². The van der Waals surface area contributed by atoms with E-state index >= 15 is 0 Å². The van der Waals surface area contributed by atoms with E-state index in [0.717, 1.165) is 6.04 Å². The van der Waals surface area contributed by atoms with E-state index in [2.05, 4.69) is 24.2 Å². The molecule has 1 aliphatic carbocycles. The van der Waals surface area contributed by atoms with Crippen molar-refractivity contribution in [1.29, 1.82) is 0 Å². The van der Waals surface area contributed by atoms with Crippen molar-refractivity contribution in [3.63, 3.8) is 0 Å². The maximum atomic E-state index is 5.44. The largest absolute Gasteiger partial charge is 0.381 e. The molecule has 4 heteroatoms. The number of nitrogens with zero attached hydrogens (tertiary/aromatic N) is 1. The maximum absolute atomic E-state index is 5.44. The van der Waals surface area contributed by atoms with Gasteiger partial charge in [-0.25, -0.2) is 0 Å². The van der Waals surface area contributed by atoms with Gasteiger partial charge in [-0.2, -0.15) is 0 Å². The molecule has 0 spiro atoms. The predicted molar refractivity (Wildman–Crippen MR) is 78.5 cm³/mol. The van der Waals surface area contributed by atoms with E-state index in [1.165, 1.54) is 51.7 Å². The molecule has 1 saturated heterocycles. The van der Waals surface area contributed by atoms with E-state index in [4.69, 9.17) is 4.74 Å². The van der Waals surface area contributed by atoms with E-state index in [9.17, 15) is 0 Å². The van der Waals surface area contributed by atoms with Gasteiger partial charge in [-0.15, -0.1) is 12.4 Å². The number of methoxy groups -OCH3 is 1. The highest BCUT2D eigenvalue weighted by Crippen LogP contribution is 2.29. The van der Waals surface area contributed by atoms with Crippen LogP contribution in [0.3, 0.4) is 0 Å². The summed E-state index contributed by atoms with van der Waals surface area (Å²) in [6, 6.07) is 0.777. The molecule has 0 aromatic carbocycles. The normalized spacial score (nSPS) is 36.7. The molecule has 1 unspecified atom stereocenters. The summed E-state index contributed by atoms with van der Waals surface area (Å²) in [5.74, 6) is 0. The molecule has 2 rings (SSSR count). The Hall–Kier alpha value is 0.170. The summed E-state index contributed by atoms with van der Waals surface area (Å²) in [6.07, 6.45) is 6.92. The van der Waals surface area contributed by atoms with Crippen LogP contribution in [0.15, 0.2) is 0 Å². The summed E-state index contributed by atoms with van der Waals surface area (Å²) in [6.45, 7) is 6.04. The Morgan fingerprint density at radius 2 is 1.94 bits per heavy atom. The molecule has 3 nitrogen and oxygen atoms in total.